The lowest BCUT2D eigenvalue weighted by Crippen LogP contribution is -2.06. The molecule has 2 aromatic heterocycles. The van der Waals surface area contributed by atoms with Crippen molar-refractivity contribution in [2.75, 3.05) is 0 Å². The molecule has 0 radical (unpaired) electrons. The van der Waals surface area contributed by atoms with E-state index in [-0.39, 0.29) is 82.8 Å². The van der Waals surface area contributed by atoms with Crippen molar-refractivity contribution >= 4 is 43.6 Å². The molecule has 0 aliphatic rings. The van der Waals surface area contributed by atoms with Crippen molar-refractivity contribution in [3.8, 4) is 45.8 Å². The molecule has 68 heavy (non-hydrogen) atoms. The Hall–Kier alpha value is -7.93. The number of halogens is 15. The number of fused-ring (bicyclic) bond motifs is 6. The first kappa shape index (κ1) is 45.2. The lowest BCUT2D eigenvalue weighted by molar-refractivity contribution is -0.138. The maximum Gasteiger partial charge on any atom is 0.416 e. The Morgan fingerprint density at radius 3 is 1.10 bits per heavy atom. The lowest BCUT2D eigenvalue weighted by atomic mass is 9.91. The monoisotopic (exact) mass is 950 g/mol. The molecular formula is C49H21F15N4. The van der Waals surface area contributed by atoms with Gasteiger partial charge in [-0.25, -0.2) is 0 Å². The van der Waals surface area contributed by atoms with Gasteiger partial charge in [0.05, 0.1) is 78.8 Å². The summed E-state index contributed by atoms with van der Waals surface area (Å²) in [5.74, 6) is 0. The summed E-state index contributed by atoms with van der Waals surface area (Å²) >= 11 is 0. The Morgan fingerprint density at radius 1 is 0.324 bits per heavy atom. The zero-order valence-corrected chi connectivity index (χ0v) is 33.6. The molecule has 0 fully saturated rings. The second-order valence-corrected chi connectivity index (χ2v) is 15.5. The van der Waals surface area contributed by atoms with Crippen LogP contribution in [-0.4, -0.2) is 9.13 Å². The molecule has 0 unspecified atom stereocenters. The minimum Gasteiger partial charge on any atom is -0.309 e. The summed E-state index contributed by atoms with van der Waals surface area (Å²) in [6.45, 7) is 0. The Balaban J connectivity index is 1.39. The van der Waals surface area contributed by atoms with E-state index in [1.807, 2.05) is 6.07 Å². The number of hydrogen-bond acceptors (Lipinski definition) is 2. The quantitative estimate of drug-likeness (QED) is 0.165. The summed E-state index contributed by atoms with van der Waals surface area (Å²) in [4.78, 5) is 0. The fourth-order valence-electron chi connectivity index (χ4n) is 8.46. The molecule has 0 saturated heterocycles. The van der Waals surface area contributed by atoms with Gasteiger partial charge < -0.3 is 9.13 Å². The zero-order chi connectivity index (χ0) is 49.0. The summed E-state index contributed by atoms with van der Waals surface area (Å²) in [5.41, 5.74) is -6.94. The summed E-state index contributed by atoms with van der Waals surface area (Å²) in [5, 5.41) is 19.5. The highest BCUT2D eigenvalue weighted by molar-refractivity contribution is 6.11. The number of nitrogens with zero attached hydrogens (tertiary/aromatic N) is 4. The largest absolute Gasteiger partial charge is 0.416 e. The lowest BCUT2D eigenvalue weighted by Gasteiger charge is -2.19. The highest BCUT2D eigenvalue weighted by Gasteiger charge is 2.36. The fourth-order valence-corrected chi connectivity index (χ4v) is 8.46. The van der Waals surface area contributed by atoms with Gasteiger partial charge >= 0.3 is 30.9 Å². The topological polar surface area (TPSA) is 57.4 Å². The summed E-state index contributed by atoms with van der Waals surface area (Å²) in [7, 11) is 0. The third kappa shape index (κ3) is 7.67. The first-order chi connectivity index (χ1) is 31.8. The van der Waals surface area contributed by atoms with E-state index in [9.17, 15) is 76.4 Å². The van der Waals surface area contributed by atoms with Crippen molar-refractivity contribution < 1.29 is 65.9 Å². The zero-order valence-electron chi connectivity index (χ0n) is 33.6. The molecular weight excluding hydrogens is 930 g/mol. The third-order valence-corrected chi connectivity index (χ3v) is 11.5. The van der Waals surface area contributed by atoms with Gasteiger partial charge in [0.15, 0.2) is 0 Å². The van der Waals surface area contributed by atoms with Crippen molar-refractivity contribution in [2.24, 2.45) is 0 Å². The van der Waals surface area contributed by atoms with Crippen molar-refractivity contribution in [1.29, 1.82) is 10.5 Å². The molecule has 0 saturated carbocycles. The smallest absolute Gasteiger partial charge is 0.309 e. The maximum absolute atomic E-state index is 14.1. The SMILES string of the molecule is N#Cc1cc(C(F)(F)F)ccc1-c1ccc(-n2c3ccc(C(F)(F)F)cc3c3cc(C(F)(F)F)ccc32)c(-c2cc(-n3c4ccc(C(F)(F)F)cc4c4cc(C(F)(F)F)ccc43)ccc2C#N)c1. The van der Waals surface area contributed by atoms with E-state index in [0.29, 0.717) is 60.7 Å². The fraction of sp³-hybridized carbons (Fsp3) is 0.102. The minimum absolute atomic E-state index is 0.0243. The normalized spacial score (nSPS) is 12.9. The minimum atomic E-state index is -4.95. The maximum atomic E-state index is 14.1. The van der Waals surface area contributed by atoms with Crippen LogP contribution in [0.5, 0.6) is 0 Å². The van der Waals surface area contributed by atoms with Gasteiger partial charge in [-0.2, -0.15) is 76.4 Å². The summed E-state index contributed by atoms with van der Waals surface area (Å²) in [6, 6.07) is 23.4. The van der Waals surface area contributed by atoms with E-state index in [4.69, 9.17) is 0 Å². The molecule has 0 N–H and O–H groups in total. The average molecular weight is 951 g/mol. The highest BCUT2D eigenvalue weighted by Crippen LogP contribution is 2.46. The van der Waals surface area contributed by atoms with Gasteiger partial charge in [-0.3, -0.25) is 0 Å². The molecule has 0 amide bonds. The van der Waals surface area contributed by atoms with Crippen LogP contribution in [0.25, 0.3) is 77.2 Å². The van der Waals surface area contributed by atoms with Crippen molar-refractivity contribution in [3.05, 3.63) is 166 Å². The van der Waals surface area contributed by atoms with E-state index in [0.717, 1.165) is 30.3 Å². The van der Waals surface area contributed by atoms with Crippen LogP contribution in [0.3, 0.4) is 0 Å². The summed E-state index contributed by atoms with van der Waals surface area (Å²) < 4.78 is 213. The predicted molar refractivity (Wildman–Crippen MR) is 220 cm³/mol. The number of benzene rings is 7. The van der Waals surface area contributed by atoms with E-state index in [1.54, 1.807) is 6.07 Å². The number of aromatic nitrogens is 2. The number of nitriles is 2. The van der Waals surface area contributed by atoms with Gasteiger partial charge in [0.2, 0.25) is 0 Å². The molecule has 0 aliphatic carbocycles. The van der Waals surface area contributed by atoms with Gasteiger partial charge in [-0.05, 0) is 126 Å². The predicted octanol–water partition coefficient (Wildman–Crippen LogP) is 16.1. The molecule has 0 aliphatic heterocycles. The molecule has 19 heteroatoms. The molecule has 9 aromatic rings. The van der Waals surface area contributed by atoms with Crippen LogP contribution in [0, 0.1) is 22.7 Å². The highest BCUT2D eigenvalue weighted by atomic mass is 19.4. The van der Waals surface area contributed by atoms with Gasteiger partial charge in [-0.1, -0.05) is 12.1 Å². The van der Waals surface area contributed by atoms with E-state index in [1.165, 1.54) is 45.5 Å². The van der Waals surface area contributed by atoms with Crippen molar-refractivity contribution in [3.63, 3.8) is 0 Å². The van der Waals surface area contributed by atoms with E-state index in [2.05, 4.69) is 0 Å². The van der Waals surface area contributed by atoms with Crippen LogP contribution in [0.4, 0.5) is 65.9 Å². The number of alkyl halides is 15. The Morgan fingerprint density at radius 2 is 0.706 bits per heavy atom. The number of hydrogen-bond donors (Lipinski definition) is 0. The van der Waals surface area contributed by atoms with E-state index < -0.39 is 64.3 Å². The molecule has 2 heterocycles. The average Bonchev–Trinajstić information content (AvgIpc) is 3.78. The first-order valence-corrected chi connectivity index (χ1v) is 19.5. The van der Waals surface area contributed by atoms with Gasteiger partial charge in [-0.15, -0.1) is 0 Å². The Bertz CT molecular complexity index is 3500. The first-order valence-electron chi connectivity index (χ1n) is 19.5. The molecule has 7 aromatic carbocycles. The van der Waals surface area contributed by atoms with Gasteiger partial charge in [0, 0.05) is 38.4 Å². The van der Waals surface area contributed by atoms with E-state index >= 15 is 0 Å². The molecule has 0 atom stereocenters. The second-order valence-electron chi connectivity index (χ2n) is 15.5. The summed E-state index contributed by atoms with van der Waals surface area (Å²) in [6.07, 6.45) is -24.6. The van der Waals surface area contributed by atoms with Gasteiger partial charge in [0.25, 0.3) is 0 Å². The van der Waals surface area contributed by atoms with Gasteiger partial charge in [0.1, 0.15) is 0 Å². The van der Waals surface area contributed by atoms with Crippen LogP contribution in [-0.2, 0) is 30.9 Å². The molecule has 9 rings (SSSR count). The van der Waals surface area contributed by atoms with Crippen LogP contribution >= 0.6 is 0 Å². The standard InChI is InChI=1S/C49H21F15N4/c50-45(51,52)27-3-9-33(26(15-27)23-66)24-2-10-42(68-43-13-6-30(48(59,60)61)19-38(43)39-20-31(49(62,63)64)7-14-44(39)68)35(16-24)34-21-32(8-1-25(34)22-65)67-40-11-4-28(46(53,54)55)17-36(40)37-18-29(47(56,57)58)5-12-41(37)67/h1-21H. The Kier molecular flexibility index (Phi) is 10.2. The van der Waals surface area contributed by atoms with Crippen LogP contribution < -0.4 is 0 Å². The third-order valence-electron chi connectivity index (χ3n) is 11.5. The Labute approximate surface area is 371 Å². The molecule has 4 nitrogen and oxygen atoms in total. The molecule has 0 bridgehead atoms. The van der Waals surface area contributed by atoms with Crippen LogP contribution in [0.2, 0.25) is 0 Å². The second kappa shape index (κ2) is 15.3. The van der Waals surface area contributed by atoms with Crippen molar-refractivity contribution in [2.45, 2.75) is 30.9 Å². The molecule has 342 valence electrons. The van der Waals surface area contributed by atoms with Crippen LogP contribution in [0.15, 0.2) is 127 Å². The van der Waals surface area contributed by atoms with Crippen molar-refractivity contribution in [1.82, 2.24) is 9.13 Å². The molecule has 0 spiro atoms. The van der Waals surface area contributed by atoms with Crippen LogP contribution in [0.1, 0.15) is 38.9 Å². The number of rotatable bonds is 4.